The Balaban J connectivity index is 1.55. The summed E-state index contributed by atoms with van der Waals surface area (Å²) in [4.78, 5) is 44.4. The fraction of sp³-hybridized carbons (Fsp3) is 0.792. The molecule has 0 aromatic heterocycles. The van der Waals surface area contributed by atoms with E-state index in [9.17, 15) is 35.1 Å². The van der Waals surface area contributed by atoms with Gasteiger partial charge < -0.3 is 59.4 Å². The number of carbonyl (C=O) groups excluding carboxylic acids is 3. The van der Waals surface area contributed by atoms with Crippen LogP contribution in [0.2, 0.25) is 0 Å². The lowest BCUT2D eigenvalue weighted by Gasteiger charge is -2.47. The maximum Gasteiger partial charge on any atom is 0.329 e. The summed E-state index contributed by atoms with van der Waals surface area (Å²) < 4.78 is 35.9. The highest BCUT2D eigenvalue weighted by atomic mass is 16.7. The van der Waals surface area contributed by atoms with Crippen molar-refractivity contribution in [2.75, 3.05) is 47.6 Å². The predicted octanol–water partition coefficient (Wildman–Crippen LogP) is 4.45. The van der Waals surface area contributed by atoms with E-state index < -0.39 is 83.9 Å². The van der Waals surface area contributed by atoms with E-state index in [4.69, 9.17) is 28.4 Å². The van der Waals surface area contributed by atoms with Gasteiger partial charge in [-0.05, 0) is 95.5 Å². The van der Waals surface area contributed by atoms with Crippen LogP contribution in [0.1, 0.15) is 105 Å². The van der Waals surface area contributed by atoms with Crippen LogP contribution in [0.3, 0.4) is 0 Å². The van der Waals surface area contributed by atoms with Crippen molar-refractivity contribution in [3.05, 3.63) is 35.5 Å². The summed E-state index contributed by atoms with van der Waals surface area (Å²) in [5.41, 5.74) is 2.91. The minimum absolute atomic E-state index is 0.00176. The van der Waals surface area contributed by atoms with Gasteiger partial charge in [0.2, 0.25) is 5.79 Å². The molecular weight excluding hydrogens is 811 g/mol. The molecule has 15 nitrogen and oxygen atoms in total. The third-order valence-electron chi connectivity index (χ3n) is 14.4. The number of esters is 1. The molecule has 1 unspecified atom stereocenters. The van der Waals surface area contributed by atoms with E-state index in [0.29, 0.717) is 82.4 Å². The predicted molar refractivity (Wildman–Crippen MR) is 237 cm³/mol. The lowest BCUT2D eigenvalue weighted by Crippen LogP contribution is -2.64. The first-order valence-electron chi connectivity index (χ1n) is 23.2. The van der Waals surface area contributed by atoms with Crippen LogP contribution >= 0.6 is 0 Å². The van der Waals surface area contributed by atoms with E-state index in [2.05, 4.69) is 24.9 Å². The molecule has 4 aliphatic heterocycles. The van der Waals surface area contributed by atoms with Crippen molar-refractivity contribution in [1.82, 2.24) is 10.2 Å². The van der Waals surface area contributed by atoms with Gasteiger partial charge in [0.25, 0.3) is 11.7 Å². The quantitative estimate of drug-likeness (QED) is 0.130. The van der Waals surface area contributed by atoms with Crippen molar-refractivity contribution in [3.63, 3.8) is 0 Å². The Hall–Kier alpha value is -2.86. The largest absolute Gasteiger partial charge is 0.456 e. The molecule has 5 N–H and O–H groups in total. The van der Waals surface area contributed by atoms with Crippen LogP contribution in [-0.4, -0.2) is 152 Å². The summed E-state index contributed by atoms with van der Waals surface area (Å²) >= 11 is 0. The number of nitrogens with one attached hydrogen (secondary N) is 2. The smallest absolute Gasteiger partial charge is 0.329 e. The SMILES string of the molecule is C=C(C[C@@H]1/C=C(\C)C[C@H](C)C[C@H](OC)[C@H]2O[C@@](O)(C(=O)C(=O)N3CCCC[C@H]3C(=O)O[C@H](/C(C)=C/[C@@H]3CC[C@@H](O)[C@H](OC)C3)[C@H](C)[C@@H](O)CC1=N)[C@H](C)C[C@@H]2OC)C1COCCN1. The van der Waals surface area contributed by atoms with E-state index in [-0.39, 0.29) is 49.8 Å². The molecule has 2 bridgehead atoms. The molecule has 4 fully saturated rings. The third kappa shape index (κ3) is 12.5. The van der Waals surface area contributed by atoms with Crippen LogP contribution in [0.15, 0.2) is 35.5 Å². The van der Waals surface area contributed by atoms with Crippen LogP contribution in [-0.2, 0) is 42.8 Å². The number of hydrogen-bond acceptors (Lipinski definition) is 14. The van der Waals surface area contributed by atoms with Gasteiger partial charge in [0.05, 0.1) is 49.8 Å². The normalized spacial score (nSPS) is 40.8. The number of fused-ring (bicyclic) bond motifs is 3. The Bertz CT molecular complexity index is 1660. The Labute approximate surface area is 374 Å². The van der Waals surface area contributed by atoms with Gasteiger partial charge in [-0.1, -0.05) is 50.6 Å². The summed E-state index contributed by atoms with van der Waals surface area (Å²) in [5, 5.41) is 47.7. The zero-order valence-corrected chi connectivity index (χ0v) is 39.0. The van der Waals surface area contributed by atoms with E-state index in [0.717, 1.165) is 11.1 Å². The number of morpholine rings is 1. The summed E-state index contributed by atoms with van der Waals surface area (Å²) in [6.07, 6.45) is 3.92. The molecule has 63 heavy (non-hydrogen) atoms. The number of allylic oxidation sites excluding steroid dienone is 3. The molecular formula is C48H77N3O12. The molecule has 1 aliphatic carbocycles. The number of cyclic esters (lactones) is 1. The van der Waals surface area contributed by atoms with Crippen molar-refractivity contribution in [3.8, 4) is 0 Å². The molecule has 0 spiro atoms. The Kier molecular flexibility index (Phi) is 18.7. The highest BCUT2D eigenvalue weighted by molar-refractivity contribution is 6.39. The molecule has 4 heterocycles. The van der Waals surface area contributed by atoms with Crippen molar-refractivity contribution in [1.29, 1.82) is 5.41 Å². The molecule has 15 atom stereocenters. The molecule has 15 heteroatoms. The van der Waals surface area contributed by atoms with E-state index >= 15 is 0 Å². The van der Waals surface area contributed by atoms with Crippen LogP contribution in [0.4, 0.5) is 0 Å². The van der Waals surface area contributed by atoms with Gasteiger partial charge in [-0.15, -0.1) is 0 Å². The average Bonchev–Trinajstić information content (AvgIpc) is 3.27. The maximum atomic E-state index is 14.5. The molecule has 1 saturated carbocycles. The molecule has 0 radical (unpaired) electrons. The minimum Gasteiger partial charge on any atom is -0.456 e. The first kappa shape index (κ1) is 51.1. The Morgan fingerprint density at radius 3 is 2.35 bits per heavy atom. The van der Waals surface area contributed by atoms with Crippen molar-refractivity contribution in [2.24, 2.45) is 29.6 Å². The van der Waals surface area contributed by atoms with Crippen molar-refractivity contribution in [2.45, 2.75) is 166 Å². The number of hydrogen-bond donors (Lipinski definition) is 5. The second-order valence-electron chi connectivity index (χ2n) is 19.3. The second-order valence-corrected chi connectivity index (χ2v) is 19.3. The summed E-state index contributed by atoms with van der Waals surface area (Å²) in [6, 6.07) is -1.21. The number of ketones is 1. The standard InChI is InChI=1S/C48H77N3O12/c1-27-18-28(2)20-41(59-8)44-42(60-9)23-31(5)48(57,63-44)45(54)46(55)51-16-11-10-12-37(51)47(56)62-43(30(4)21-33-13-14-38(52)40(24-33)58-7)32(6)39(53)25-35(49)34(19-27)22-29(3)36-26-61-17-15-50-36/h19,21,28,31-34,36-44,49-50,52-53,57H,3,10-18,20,22-26H2,1-2,4-9H3/b27-19+,30-21+,49-35?/t28-,31+,32+,33-,34-,36?,37-,38+,39-,40+,41-,42-,43+,44+,48+/m0/s1. The monoisotopic (exact) mass is 888 g/mol. The van der Waals surface area contributed by atoms with Crippen LogP contribution in [0.5, 0.6) is 0 Å². The zero-order valence-electron chi connectivity index (χ0n) is 39.0. The third-order valence-corrected chi connectivity index (χ3v) is 14.4. The number of ether oxygens (including phenoxy) is 6. The van der Waals surface area contributed by atoms with Gasteiger partial charge >= 0.3 is 5.97 Å². The molecule has 3 saturated heterocycles. The lowest BCUT2D eigenvalue weighted by molar-refractivity contribution is -0.302. The van der Waals surface area contributed by atoms with Gasteiger partial charge in [0, 0.05) is 64.3 Å². The number of Topliss-reactive ketones (excluding diaryl/α,β-unsaturated/α-hetero) is 1. The van der Waals surface area contributed by atoms with Crippen molar-refractivity contribution < 1.29 is 58.1 Å². The van der Waals surface area contributed by atoms with Gasteiger partial charge in [-0.25, -0.2) is 4.79 Å². The molecule has 5 rings (SSSR count). The van der Waals surface area contributed by atoms with Crippen LogP contribution in [0.25, 0.3) is 0 Å². The summed E-state index contributed by atoms with van der Waals surface area (Å²) in [7, 11) is 4.66. The van der Waals surface area contributed by atoms with Gasteiger partial charge in [-0.3, -0.25) is 9.59 Å². The first-order valence-corrected chi connectivity index (χ1v) is 23.2. The number of piperidine rings is 1. The Morgan fingerprint density at radius 1 is 0.984 bits per heavy atom. The molecule has 1 amide bonds. The Morgan fingerprint density at radius 2 is 1.68 bits per heavy atom. The van der Waals surface area contributed by atoms with Crippen LogP contribution in [0, 0.1) is 35.0 Å². The molecule has 0 aromatic rings. The summed E-state index contributed by atoms with van der Waals surface area (Å²) in [5.74, 6) is -7.35. The first-order chi connectivity index (χ1) is 29.9. The van der Waals surface area contributed by atoms with Gasteiger partial charge in [0.15, 0.2) is 0 Å². The fourth-order valence-electron chi connectivity index (χ4n) is 10.5. The number of carbonyl (C=O) groups is 3. The topological polar surface area (TPSA) is 206 Å². The van der Waals surface area contributed by atoms with E-state index in [1.807, 2.05) is 19.9 Å². The number of nitrogens with zero attached hydrogens (tertiary/aromatic N) is 1. The van der Waals surface area contributed by atoms with Gasteiger partial charge in [0.1, 0.15) is 18.2 Å². The molecule has 0 aromatic carbocycles. The van der Waals surface area contributed by atoms with Crippen LogP contribution < -0.4 is 5.32 Å². The number of methoxy groups -OCH3 is 3. The molecule has 356 valence electrons. The number of aliphatic hydroxyl groups excluding tert-OH is 2. The maximum absolute atomic E-state index is 14.5. The molecule has 5 aliphatic rings. The lowest BCUT2D eigenvalue weighted by atomic mass is 9.81. The number of aliphatic hydroxyl groups is 3. The van der Waals surface area contributed by atoms with E-state index in [1.165, 1.54) is 4.90 Å². The summed E-state index contributed by atoms with van der Waals surface area (Å²) in [6.45, 7) is 15.7. The van der Waals surface area contributed by atoms with E-state index in [1.54, 1.807) is 35.2 Å². The highest BCUT2D eigenvalue weighted by Crippen LogP contribution is 2.39. The minimum atomic E-state index is -2.51. The average molecular weight is 888 g/mol. The zero-order chi connectivity index (χ0) is 46.2. The van der Waals surface area contributed by atoms with Crippen molar-refractivity contribution >= 4 is 23.4 Å². The van der Waals surface area contributed by atoms with Gasteiger partial charge in [-0.2, -0.15) is 0 Å². The fourth-order valence-corrected chi connectivity index (χ4v) is 10.5. The number of amides is 1. The number of rotatable bonds is 8. The second kappa shape index (κ2) is 23.0. The highest BCUT2D eigenvalue weighted by Gasteiger charge is 2.56.